The van der Waals surface area contributed by atoms with Gasteiger partial charge in [0.2, 0.25) is 11.8 Å². The van der Waals surface area contributed by atoms with Crippen LogP contribution in [0.1, 0.15) is 38.2 Å². The zero-order chi connectivity index (χ0) is 20.0. The molecule has 0 aliphatic carbocycles. The van der Waals surface area contributed by atoms with Crippen LogP contribution in [0.2, 0.25) is 0 Å². The lowest BCUT2D eigenvalue weighted by Gasteiger charge is -2.40. The van der Waals surface area contributed by atoms with Gasteiger partial charge in [0.25, 0.3) is 0 Å². The third-order valence-corrected chi connectivity index (χ3v) is 5.40. The van der Waals surface area contributed by atoms with E-state index in [9.17, 15) is 14.4 Å². The molecule has 3 N–H and O–H groups in total. The van der Waals surface area contributed by atoms with Crippen LogP contribution in [0.3, 0.4) is 0 Å². The standard InChI is InChI=1S/C20H30N4O3/c1-4-20(18(21)26)12-5-13-24(14-20)19(27)22-16-9-6-15(7-10-16)8-11-17(25)23(2)3/h6-7,9-10H,4-5,8,11-14H2,1-3H3,(H2,21,26)(H,22,27)/t20-/m0/s1. The molecule has 1 aliphatic rings. The maximum Gasteiger partial charge on any atom is 0.321 e. The maximum absolute atomic E-state index is 12.6. The summed E-state index contributed by atoms with van der Waals surface area (Å²) in [4.78, 5) is 39.3. The Morgan fingerprint density at radius 1 is 1.22 bits per heavy atom. The largest absolute Gasteiger partial charge is 0.369 e. The summed E-state index contributed by atoms with van der Waals surface area (Å²) in [5.74, 6) is -0.245. The Bertz CT molecular complexity index is 687. The minimum atomic E-state index is -0.627. The van der Waals surface area contributed by atoms with Gasteiger partial charge in [-0.05, 0) is 43.4 Å². The number of carbonyl (C=O) groups is 3. The first kappa shape index (κ1) is 20.7. The van der Waals surface area contributed by atoms with Crippen molar-refractivity contribution in [3.8, 4) is 0 Å². The van der Waals surface area contributed by atoms with Crippen LogP contribution in [0.5, 0.6) is 0 Å². The average molecular weight is 374 g/mol. The van der Waals surface area contributed by atoms with E-state index in [1.54, 1.807) is 23.9 Å². The number of urea groups is 1. The molecule has 1 aromatic rings. The Labute approximate surface area is 160 Å². The Hall–Kier alpha value is -2.57. The summed E-state index contributed by atoms with van der Waals surface area (Å²) in [6.45, 7) is 2.91. The summed E-state index contributed by atoms with van der Waals surface area (Å²) in [5.41, 5.74) is 6.69. The van der Waals surface area contributed by atoms with Gasteiger partial charge in [-0.25, -0.2) is 4.79 Å². The molecule has 148 valence electrons. The monoisotopic (exact) mass is 374 g/mol. The molecule has 1 fully saturated rings. The third kappa shape index (κ3) is 5.21. The van der Waals surface area contributed by atoms with E-state index in [1.807, 2.05) is 31.2 Å². The highest BCUT2D eigenvalue weighted by Gasteiger charge is 2.40. The van der Waals surface area contributed by atoms with Crippen LogP contribution in [0.15, 0.2) is 24.3 Å². The normalized spacial score (nSPS) is 19.4. The molecule has 0 unspecified atom stereocenters. The molecule has 2 rings (SSSR count). The summed E-state index contributed by atoms with van der Waals surface area (Å²) in [5, 5.41) is 2.88. The predicted octanol–water partition coefficient (Wildman–Crippen LogP) is 2.22. The SMILES string of the molecule is CC[C@]1(C(N)=O)CCCN(C(=O)Nc2ccc(CCC(=O)N(C)C)cc2)C1. The number of nitrogens with two attached hydrogens (primary N) is 1. The Balaban J connectivity index is 1.93. The van der Waals surface area contributed by atoms with Crippen molar-refractivity contribution < 1.29 is 14.4 Å². The van der Waals surface area contributed by atoms with Crippen LogP contribution in [0.4, 0.5) is 10.5 Å². The number of carbonyl (C=O) groups excluding carboxylic acids is 3. The van der Waals surface area contributed by atoms with Crippen molar-refractivity contribution in [3.05, 3.63) is 29.8 Å². The van der Waals surface area contributed by atoms with E-state index in [4.69, 9.17) is 5.73 Å². The summed E-state index contributed by atoms with van der Waals surface area (Å²) in [6, 6.07) is 7.27. The van der Waals surface area contributed by atoms with Crippen molar-refractivity contribution in [1.29, 1.82) is 0 Å². The molecule has 0 saturated carbocycles. The predicted molar refractivity (Wildman–Crippen MR) is 105 cm³/mol. The van der Waals surface area contributed by atoms with Crippen molar-refractivity contribution in [3.63, 3.8) is 0 Å². The quantitative estimate of drug-likeness (QED) is 0.799. The fourth-order valence-corrected chi connectivity index (χ4v) is 3.40. The molecule has 1 aliphatic heterocycles. The maximum atomic E-state index is 12.6. The van der Waals surface area contributed by atoms with Gasteiger partial charge in [0.15, 0.2) is 0 Å². The molecule has 7 nitrogen and oxygen atoms in total. The van der Waals surface area contributed by atoms with Gasteiger partial charge >= 0.3 is 6.03 Å². The van der Waals surface area contributed by atoms with Gasteiger partial charge in [0, 0.05) is 39.3 Å². The smallest absolute Gasteiger partial charge is 0.321 e. The average Bonchev–Trinajstić information content (AvgIpc) is 2.66. The molecule has 4 amide bonds. The minimum Gasteiger partial charge on any atom is -0.369 e. The first-order valence-corrected chi connectivity index (χ1v) is 9.42. The molecule has 7 heteroatoms. The van der Waals surface area contributed by atoms with Crippen LogP contribution in [0, 0.1) is 5.41 Å². The fourth-order valence-electron chi connectivity index (χ4n) is 3.40. The van der Waals surface area contributed by atoms with Crippen molar-refractivity contribution in [2.75, 3.05) is 32.5 Å². The highest BCUT2D eigenvalue weighted by Crippen LogP contribution is 2.33. The van der Waals surface area contributed by atoms with E-state index >= 15 is 0 Å². The zero-order valence-corrected chi connectivity index (χ0v) is 16.5. The first-order valence-electron chi connectivity index (χ1n) is 9.42. The summed E-state index contributed by atoms with van der Waals surface area (Å²) < 4.78 is 0. The second-order valence-electron chi connectivity index (χ2n) is 7.44. The number of anilines is 1. The number of amides is 4. The molecule has 1 heterocycles. The Morgan fingerprint density at radius 3 is 2.44 bits per heavy atom. The van der Waals surface area contributed by atoms with Crippen molar-refractivity contribution >= 4 is 23.5 Å². The molecule has 0 radical (unpaired) electrons. The lowest BCUT2D eigenvalue weighted by Crippen LogP contribution is -2.52. The van der Waals surface area contributed by atoms with Gasteiger partial charge in [-0.2, -0.15) is 0 Å². The number of piperidine rings is 1. The van der Waals surface area contributed by atoms with Crippen LogP contribution in [0.25, 0.3) is 0 Å². The van der Waals surface area contributed by atoms with E-state index in [0.29, 0.717) is 38.0 Å². The van der Waals surface area contributed by atoms with E-state index in [-0.39, 0.29) is 17.8 Å². The summed E-state index contributed by atoms with van der Waals surface area (Å²) >= 11 is 0. The molecule has 1 aromatic carbocycles. The van der Waals surface area contributed by atoms with Crippen molar-refractivity contribution in [2.45, 2.75) is 39.0 Å². The topological polar surface area (TPSA) is 95.7 Å². The minimum absolute atomic E-state index is 0.0892. The van der Waals surface area contributed by atoms with Gasteiger partial charge in [0.1, 0.15) is 0 Å². The lowest BCUT2D eigenvalue weighted by molar-refractivity contribution is -0.130. The van der Waals surface area contributed by atoms with Gasteiger partial charge < -0.3 is 20.9 Å². The van der Waals surface area contributed by atoms with Gasteiger partial charge in [-0.3, -0.25) is 9.59 Å². The molecular formula is C20H30N4O3. The Kier molecular flexibility index (Phi) is 6.82. The third-order valence-electron chi connectivity index (χ3n) is 5.40. The van der Waals surface area contributed by atoms with Crippen LogP contribution in [-0.2, 0) is 16.0 Å². The number of benzene rings is 1. The zero-order valence-electron chi connectivity index (χ0n) is 16.5. The van der Waals surface area contributed by atoms with Gasteiger partial charge in [0.05, 0.1) is 5.41 Å². The molecule has 27 heavy (non-hydrogen) atoms. The van der Waals surface area contributed by atoms with Crippen molar-refractivity contribution in [1.82, 2.24) is 9.80 Å². The number of nitrogens with zero attached hydrogens (tertiary/aromatic N) is 2. The number of rotatable bonds is 6. The number of hydrogen-bond acceptors (Lipinski definition) is 3. The fraction of sp³-hybridized carbons (Fsp3) is 0.550. The van der Waals surface area contributed by atoms with Crippen LogP contribution < -0.4 is 11.1 Å². The number of likely N-dealkylation sites (tertiary alicyclic amines) is 1. The molecule has 1 saturated heterocycles. The lowest BCUT2D eigenvalue weighted by atomic mass is 9.77. The van der Waals surface area contributed by atoms with E-state index in [2.05, 4.69) is 5.32 Å². The molecular weight excluding hydrogens is 344 g/mol. The Morgan fingerprint density at radius 2 is 1.89 bits per heavy atom. The first-order chi connectivity index (χ1) is 12.8. The van der Waals surface area contributed by atoms with E-state index in [1.165, 1.54) is 0 Å². The highest BCUT2D eigenvalue weighted by molar-refractivity contribution is 5.90. The number of primary amides is 1. The molecule has 0 aromatic heterocycles. The van der Waals surface area contributed by atoms with Gasteiger partial charge in [-0.1, -0.05) is 19.1 Å². The molecule has 1 atom stereocenters. The van der Waals surface area contributed by atoms with Crippen LogP contribution >= 0.6 is 0 Å². The van der Waals surface area contributed by atoms with E-state index in [0.717, 1.165) is 18.4 Å². The van der Waals surface area contributed by atoms with Crippen molar-refractivity contribution in [2.24, 2.45) is 11.1 Å². The number of nitrogens with one attached hydrogen (secondary N) is 1. The van der Waals surface area contributed by atoms with Crippen LogP contribution in [-0.4, -0.2) is 54.8 Å². The molecule has 0 bridgehead atoms. The number of aryl methyl sites for hydroxylation is 1. The second-order valence-corrected chi connectivity index (χ2v) is 7.44. The number of hydrogen-bond donors (Lipinski definition) is 2. The van der Waals surface area contributed by atoms with E-state index < -0.39 is 5.41 Å². The summed E-state index contributed by atoms with van der Waals surface area (Å²) in [6.07, 6.45) is 3.24. The highest BCUT2D eigenvalue weighted by atomic mass is 16.2. The van der Waals surface area contributed by atoms with Gasteiger partial charge in [-0.15, -0.1) is 0 Å². The summed E-state index contributed by atoms with van der Waals surface area (Å²) in [7, 11) is 3.49. The second kappa shape index (κ2) is 8.88. The molecule has 0 spiro atoms.